The predicted molar refractivity (Wildman–Crippen MR) is 55.5 cm³/mol. The molecular weight excluding hydrogens is 212 g/mol. The fraction of sp³-hybridized carbons (Fsp3) is 0.600. The second kappa shape index (κ2) is 8.12. The first-order valence-corrected chi connectivity index (χ1v) is 5.04. The molecule has 0 aromatic carbocycles. The zero-order valence-electron chi connectivity index (χ0n) is 9.00. The Morgan fingerprint density at radius 1 is 0.875 bits per heavy atom. The first-order valence-electron chi connectivity index (χ1n) is 5.04. The number of aromatic nitrogens is 2. The molecule has 1 heterocycles. The molecule has 0 atom stereocenters. The number of hydrogen-bond acceptors (Lipinski definition) is 6. The van der Waals surface area contributed by atoms with Crippen LogP contribution in [0.4, 0.5) is 0 Å². The van der Waals surface area contributed by atoms with E-state index in [-0.39, 0.29) is 13.2 Å². The molecule has 1 aromatic heterocycles. The van der Waals surface area contributed by atoms with Crippen molar-refractivity contribution in [2.75, 3.05) is 26.4 Å². The summed E-state index contributed by atoms with van der Waals surface area (Å²) in [5.41, 5.74) is 1.42. The molecule has 0 aliphatic rings. The predicted octanol–water partition coefficient (Wildman–Crippen LogP) is -0.506. The van der Waals surface area contributed by atoms with Gasteiger partial charge in [-0.15, -0.1) is 0 Å². The van der Waals surface area contributed by atoms with Crippen LogP contribution >= 0.6 is 0 Å². The van der Waals surface area contributed by atoms with Crippen molar-refractivity contribution in [2.24, 2.45) is 0 Å². The van der Waals surface area contributed by atoms with Gasteiger partial charge in [0.25, 0.3) is 0 Å². The number of aliphatic hydroxyl groups excluding tert-OH is 2. The van der Waals surface area contributed by atoms with Gasteiger partial charge in [0.2, 0.25) is 0 Å². The van der Waals surface area contributed by atoms with Gasteiger partial charge < -0.3 is 19.7 Å². The fourth-order valence-corrected chi connectivity index (χ4v) is 1.01. The molecule has 6 nitrogen and oxygen atoms in total. The Hall–Kier alpha value is -1.08. The molecule has 0 aliphatic carbocycles. The molecule has 0 amide bonds. The lowest BCUT2D eigenvalue weighted by atomic mass is 10.4. The van der Waals surface area contributed by atoms with Crippen molar-refractivity contribution in [1.29, 1.82) is 0 Å². The van der Waals surface area contributed by atoms with Crippen molar-refractivity contribution < 1.29 is 19.7 Å². The molecule has 90 valence electrons. The Labute approximate surface area is 93.9 Å². The largest absolute Gasteiger partial charge is 0.394 e. The molecular formula is C10H16N2O4. The van der Waals surface area contributed by atoms with E-state index in [0.717, 1.165) is 0 Å². The number of hydrogen-bond donors (Lipinski definition) is 2. The third kappa shape index (κ3) is 5.13. The molecule has 0 radical (unpaired) electrons. The average Bonchev–Trinajstić information content (AvgIpc) is 2.32. The summed E-state index contributed by atoms with van der Waals surface area (Å²) in [6.07, 6.45) is 3.21. The van der Waals surface area contributed by atoms with Gasteiger partial charge >= 0.3 is 0 Å². The molecule has 1 rings (SSSR count). The third-order valence-electron chi connectivity index (χ3n) is 1.73. The van der Waals surface area contributed by atoms with Crippen LogP contribution in [-0.2, 0) is 22.7 Å². The molecule has 0 fully saturated rings. The van der Waals surface area contributed by atoms with E-state index in [2.05, 4.69) is 9.97 Å². The van der Waals surface area contributed by atoms with Gasteiger partial charge in [-0.2, -0.15) is 0 Å². The Balaban J connectivity index is 2.30. The summed E-state index contributed by atoms with van der Waals surface area (Å²) in [5, 5.41) is 17.0. The van der Waals surface area contributed by atoms with Crippen molar-refractivity contribution in [3.63, 3.8) is 0 Å². The minimum Gasteiger partial charge on any atom is -0.394 e. The smallest absolute Gasteiger partial charge is 0.0904 e. The van der Waals surface area contributed by atoms with Crippen LogP contribution in [0, 0.1) is 0 Å². The Morgan fingerprint density at radius 2 is 1.31 bits per heavy atom. The Bertz CT molecular complexity index is 250. The van der Waals surface area contributed by atoms with Gasteiger partial charge in [-0.25, -0.2) is 0 Å². The molecule has 0 spiro atoms. The fourth-order valence-electron chi connectivity index (χ4n) is 1.01. The summed E-state index contributed by atoms with van der Waals surface area (Å²) < 4.78 is 10.2. The van der Waals surface area contributed by atoms with Crippen LogP contribution < -0.4 is 0 Å². The van der Waals surface area contributed by atoms with Crippen molar-refractivity contribution >= 4 is 0 Å². The Morgan fingerprint density at radius 3 is 1.62 bits per heavy atom. The van der Waals surface area contributed by atoms with E-state index in [1.165, 1.54) is 0 Å². The van der Waals surface area contributed by atoms with Gasteiger partial charge in [-0.05, 0) is 0 Å². The number of ether oxygens (including phenoxy) is 2. The lowest BCUT2D eigenvalue weighted by Crippen LogP contribution is -2.04. The normalized spacial score (nSPS) is 10.6. The molecule has 1 aromatic rings. The van der Waals surface area contributed by atoms with Gasteiger partial charge in [0.15, 0.2) is 0 Å². The SMILES string of the molecule is OCCOCc1cnc(COCCO)cn1. The van der Waals surface area contributed by atoms with Crippen LogP contribution in [0.3, 0.4) is 0 Å². The second-order valence-electron chi connectivity index (χ2n) is 3.05. The van der Waals surface area contributed by atoms with Crippen molar-refractivity contribution in [3.8, 4) is 0 Å². The second-order valence-corrected chi connectivity index (χ2v) is 3.05. The van der Waals surface area contributed by atoms with E-state index >= 15 is 0 Å². The van der Waals surface area contributed by atoms with Crippen LogP contribution in [0.5, 0.6) is 0 Å². The molecule has 0 saturated carbocycles. The van der Waals surface area contributed by atoms with Crippen molar-refractivity contribution in [2.45, 2.75) is 13.2 Å². The minimum absolute atomic E-state index is 0.000508. The minimum atomic E-state index is 0.000508. The first kappa shape index (κ1) is 13.0. The summed E-state index contributed by atoms with van der Waals surface area (Å²) in [7, 11) is 0. The zero-order chi connectivity index (χ0) is 11.6. The summed E-state index contributed by atoms with van der Waals surface area (Å²) in [6, 6.07) is 0. The lowest BCUT2D eigenvalue weighted by molar-refractivity contribution is 0.0770. The molecule has 0 aliphatic heterocycles. The van der Waals surface area contributed by atoms with E-state index in [1.54, 1.807) is 12.4 Å². The van der Waals surface area contributed by atoms with Crippen LogP contribution in [0.2, 0.25) is 0 Å². The number of nitrogens with zero attached hydrogens (tertiary/aromatic N) is 2. The summed E-state index contributed by atoms with van der Waals surface area (Å²) in [6.45, 7) is 1.27. The number of rotatable bonds is 8. The third-order valence-corrected chi connectivity index (χ3v) is 1.73. The van der Waals surface area contributed by atoms with Crippen molar-refractivity contribution in [1.82, 2.24) is 9.97 Å². The van der Waals surface area contributed by atoms with Crippen LogP contribution in [-0.4, -0.2) is 46.6 Å². The van der Waals surface area contributed by atoms with Crippen LogP contribution in [0.25, 0.3) is 0 Å². The van der Waals surface area contributed by atoms with Gasteiger partial charge in [0.05, 0.1) is 63.4 Å². The summed E-state index contributed by atoms with van der Waals surface area (Å²) in [5.74, 6) is 0. The quantitative estimate of drug-likeness (QED) is 0.583. The van der Waals surface area contributed by atoms with Gasteiger partial charge in [0, 0.05) is 0 Å². The van der Waals surface area contributed by atoms with E-state index < -0.39 is 0 Å². The summed E-state index contributed by atoms with van der Waals surface area (Å²) >= 11 is 0. The van der Waals surface area contributed by atoms with Crippen LogP contribution in [0.15, 0.2) is 12.4 Å². The molecule has 0 saturated heterocycles. The Kier molecular flexibility index (Phi) is 6.59. The van der Waals surface area contributed by atoms with Gasteiger partial charge in [0.1, 0.15) is 0 Å². The van der Waals surface area contributed by atoms with Crippen LogP contribution in [0.1, 0.15) is 11.4 Å². The van der Waals surface area contributed by atoms with Gasteiger partial charge in [-0.3, -0.25) is 9.97 Å². The topological polar surface area (TPSA) is 84.7 Å². The standard InChI is InChI=1S/C10H16N2O4/c13-1-3-15-7-9-5-12-10(6-11-9)8-16-4-2-14/h5-6,13-14H,1-4,7-8H2. The lowest BCUT2D eigenvalue weighted by Gasteiger charge is -2.03. The highest BCUT2D eigenvalue weighted by atomic mass is 16.5. The average molecular weight is 228 g/mol. The maximum absolute atomic E-state index is 8.51. The summed E-state index contributed by atoms with van der Waals surface area (Å²) in [4.78, 5) is 8.24. The maximum atomic E-state index is 8.51. The molecule has 0 bridgehead atoms. The molecule has 16 heavy (non-hydrogen) atoms. The zero-order valence-corrected chi connectivity index (χ0v) is 9.00. The highest BCUT2D eigenvalue weighted by molar-refractivity contribution is 5.00. The number of aliphatic hydroxyl groups is 2. The monoisotopic (exact) mass is 228 g/mol. The van der Waals surface area contributed by atoms with Crippen molar-refractivity contribution in [3.05, 3.63) is 23.8 Å². The molecule has 2 N–H and O–H groups in total. The molecule has 0 unspecified atom stereocenters. The van der Waals surface area contributed by atoms with E-state index in [4.69, 9.17) is 19.7 Å². The first-order chi connectivity index (χ1) is 7.86. The maximum Gasteiger partial charge on any atom is 0.0904 e. The van der Waals surface area contributed by atoms with E-state index in [1.807, 2.05) is 0 Å². The molecule has 6 heteroatoms. The van der Waals surface area contributed by atoms with E-state index in [0.29, 0.717) is 37.8 Å². The van der Waals surface area contributed by atoms with E-state index in [9.17, 15) is 0 Å². The van der Waals surface area contributed by atoms with Gasteiger partial charge in [-0.1, -0.05) is 0 Å². The highest BCUT2D eigenvalue weighted by Crippen LogP contribution is 1.99. The highest BCUT2D eigenvalue weighted by Gasteiger charge is 1.98.